The molecule has 0 bridgehead atoms. The fourth-order valence-electron chi connectivity index (χ4n) is 2.02. The van der Waals surface area contributed by atoms with Crippen LogP contribution in [-0.4, -0.2) is 7.85 Å². The van der Waals surface area contributed by atoms with Gasteiger partial charge in [0, 0.05) is 4.47 Å². The third kappa shape index (κ3) is 2.07. The highest BCUT2D eigenvalue weighted by atomic mass is 79.9. The minimum atomic E-state index is 1.17. The zero-order valence-electron chi connectivity index (χ0n) is 9.84. The minimum absolute atomic E-state index is 1.17. The second-order valence-electron chi connectivity index (χ2n) is 4.23. The van der Waals surface area contributed by atoms with Gasteiger partial charge in [-0.2, -0.15) is 0 Å². The predicted molar refractivity (Wildman–Crippen MR) is 77.2 cm³/mol. The van der Waals surface area contributed by atoms with Crippen molar-refractivity contribution in [2.75, 3.05) is 0 Å². The smallest absolute Gasteiger partial charge is 0.0750 e. The third-order valence-corrected chi connectivity index (χ3v) is 3.80. The summed E-state index contributed by atoms with van der Waals surface area (Å²) < 4.78 is 1.17. The van der Waals surface area contributed by atoms with Crippen LogP contribution < -0.4 is 5.46 Å². The van der Waals surface area contributed by atoms with Crippen molar-refractivity contribution in [3.63, 3.8) is 0 Å². The van der Waals surface area contributed by atoms with Crippen LogP contribution in [0.15, 0.2) is 40.9 Å². The Morgan fingerprint density at radius 2 is 1.62 bits per heavy atom. The molecule has 0 spiro atoms. The van der Waals surface area contributed by atoms with Crippen LogP contribution in [0.25, 0.3) is 11.1 Å². The van der Waals surface area contributed by atoms with Crippen LogP contribution in [0.3, 0.4) is 0 Å². The van der Waals surface area contributed by atoms with E-state index in [0.29, 0.717) is 0 Å². The highest BCUT2D eigenvalue weighted by Crippen LogP contribution is 2.28. The molecule has 0 nitrogen and oxygen atoms in total. The van der Waals surface area contributed by atoms with Gasteiger partial charge < -0.3 is 0 Å². The Morgan fingerprint density at radius 1 is 1.00 bits per heavy atom. The van der Waals surface area contributed by atoms with Gasteiger partial charge in [-0.15, -0.1) is 0 Å². The summed E-state index contributed by atoms with van der Waals surface area (Å²) in [5.74, 6) is 0. The van der Waals surface area contributed by atoms with E-state index < -0.39 is 0 Å². The second-order valence-corrected chi connectivity index (χ2v) is 5.09. The molecule has 0 amide bonds. The van der Waals surface area contributed by atoms with Crippen molar-refractivity contribution in [3.05, 3.63) is 52.0 Å². The van der Waals surface area contributed by atoms with Crippen LogP contribution in [0.2, 0.25) is 0 Å². The number of benzene rings is 2. The summed E-state index contributed by atoms with van der Waals surface area (Å²) in [6.07, 6.45) is 0. The van der Waals surface area contributed by atoms with Gasteiger partial charge in [-0.1, -0.05) is 51.7 Å². The Hall–Kier alpha value is -1.02. The SMILES string of the molecule is Bc1ccc(-c2c(C)cccc2C)cc1Br. The van der Waals surface area contributed by atoms with Crippen molar-refractivity contribution in [2.45, 2.75) is 13.8 Å². The zero-order valence-corrected chi connectivity index (χ0v) is 11.4. The van der Waals surface area contributed by atoms with Gasteiger partial charge in [-0.05, 0) is 42.2 Å². The predicted octanol–water partition coefficient (Wildman–Crippen LogP) is 2.99. The lowest BCUT2D eigenvalue weighted by Gasteiger charge is -2.11. The topological polar surface area (TPSA) is 0 Å². The summed E-state index contributed by atoms with van der Waals surface area (Å²) in [5, 5.41) is 0. The van der Waals surface area contributed by atoms with E-state index in [1.807, 2.05) is 0 Å². The summed E-state index contributed by atoms with van der Waals surface area (Å²) in [6.45, 7) is 4.33. The van der Waals surface area contributed by atoms with Gasteiger partial charge in [-0.25, -0.2) is 0 Å². The van der Waals surface area contributed by atoms with E-state index in [1.165, 1.54) is 32.2 Å². The molecule has 0 aromatic heterocycles. The monoisotopic (exact) mass is 272 g/mol. The number of hydrogen-bond acceptors (Lipinski definition) is 0. The molecule has 0 radical (unpaired) electrons. The van der Waals surface area contributed by atoms with Crippen LogP contribution in [0.5, 0.6) is 0 Å². The number of halogens is 1. The summed E-state index contributed by atoms with van der Waals surface area (Å²) in [4.78, 5) is 0. The van der Waals surface area contributed by atoms with Gasteiger partial charge in [-0.3, -0.25) is 0 Å². The fourth-order valence-corrected chi connectivity index (χ4v) is 2.40. The summed E-state index contributed by atoms with van der Waals surface area (Å²) >= 11 is 3.59. The molecule has 0 fully saturated rings. The second kappa shape index (κ2) is 4.46. The molecule has 0 atom stereocenters. The molecule has 0 saturated carbocycles. The van der Waals surface area contributed by atoms with Crippen molar-refractivity contribution in [1.82, 2.24) is 0 Å². The molecule has 2 rings (SSSR count). The molecular formula is C14H14BBr. The quantitative estimate of drug-likeness (QED) is 0.701. The first kappa shape index (κ1) is 11.5. The van der Waals surface area contributed by atoms with Gasteiger partial charge in [0.1, 0.15) is 7.85 Å². The lowest BCUT2D eigenvalue weighted by molar-refractivity contribution is 1.38. The van der Waals surface area contributed by atoms with Crippen LogP contribution in [-0.2, 0) is 0 Å². The van der Waals surface area contributed by atoms with E-state index in [4.69, 9.17) is 0 Å². The lowest BCUT2D eigenvalue weighted by atomic mass is 9.91. The standard InChI is InChI=1S/C14H14BBr/c1-9-4-3-5-10(2)14(9)11-6-7-12(15)13(16)8-11/h3-8H,15H2,1-2H3. The Labute approximate surface area is 106 Å². The van der Waals surface area contributed by atoms with Crippen molar-refractivity contribution >= 4 is 29.2 Å². The van der Waals surface area contributed by atoms with E-state index in [2.05, 4.69) is 74.0 Å². The van der Waals surface area contributed by atoms with E-state index in [9.17, 15) is 0 Å². The molecule has 0 saturated heterocycles. The van der Waals surface area contributed by atoms with E-state index in [0.717, 1.165) is 0 Å². The van der Waals surface area contributed by atoms with Crippen molar-refractivity contribution < 1.29 is 0 Å². The Kier molecular flexibility index (Phi) is 3.20. The lowest BCUT2D eigenvalue weighted by Crippen LogP contribution is -2.03. The van der Waals surface area contributed by atoms with Crippen LogP contribution in [0.1, 0.15) is 11.1 Å². The van der Waals surface area contributed by atoms with E-state index >= 15 is 0 Å². The fraction of sp³-hybridized carbons (Fsp3) is 0.143. The number of aryl methyl sites for hydroxylation is 2. The highest BCUT2D eigenvalue weighted by Gasteiger charge is 2.06. The van der Waals surface area contributed by atoms with Gasteiger partial charge in [0.15, 0.2) is 0 Å². The molecule has 80 valence electrons. The first-order valence-electron chi connectivity index (χ1n) is 5.42. The van der Waals surface area contributed by atoms with Gasteiger partial charge in [0.2, 0.25) is 0 Å². The molecule has 16 heavy (non-hydrogen) atoms. The first-order chi connectivity index (χ1) is 7.59. The molecule has 0 heterocycles. The summed E-state index contributed by atoms with van der Waals surface area (Å²) in [5.41, 5.74) is 6.57. The van der Waals surface area contributed by atoms with E-state index in [1.54, 1.807) is 0 Å². The molecule has 0 aliphatic rings. The molecule has 2 aromatic carbocycles. The largest absolute Gasteiger partial charge is 0.140 e. The average Bonchev–Trinajstić information content (AvgIpc) is 2.23. The van der Waals surface area contributed by atoms with Gasteiger partial charge >= 0.3 is 0 Å². The maximum Gasteiger partial charge on any atom is 0.140 e. The van der Waals surface area contributed by atoms with Gasteiger partial charge in [0.25, 0.3) is 0 Å². The summed E-state index contributed by atoms with van der Waals surface area (Å²) in [6, 6.07) is 13.0. The van der Waals surface area contributed by atoms with Crippen LogP contribution >= 0.6 is 15.9 Å². The van der Waals surface area contributed by atoms with Crippen LogP contribution in [0, 0.1) is 13.8 Å². The van der Waals surface area contributed by atoms with Crippen molar-refractivity contribution in [3.8, 4) is 11.1 Å². The van der Waals surface area contributed by atoms with E-state index in [-0.39, 0.29) is 0 Å². The molecule has 0 aliphatic carbocycles. The summed E-state index contributed by atoms with van der Waals surface area (Å²) in [7, 11) is 2.11. The third-order valence-electron chi connectivity index (χ3n) is 2.94. The normalized spacial score (nSPS) is 10.4. The number of rotatable bonds is 1. The Bertz CT molecular complexity index is 512. The molecule has 0 unspecified atom stereocenters. The molecular weight excluding hydrogens is 259 g/mol. The minimum Gasteiger partial charge on any atom is -0.0750 e. The Balaban J connectivity index is 2.63. The molecule has 2 heteroatoms. The molecule has 0 N–H and O–H groups in total. The van der Waals surface area contributed by atoms with Crippen molar-refractivity contribution in [1.29, 1.82) is 0 Å². The van der Waals surface area contributed by atoms with Gasteiger partial charge in [0.05, 0.1) is 0 Å². The average molecular weight is 273 g/mol. The zero-order chi connectivity index (χ0) is 11.7. The maximum absolute atomic E-state index is 3.59. The number of hydrogen-bond donors (Lipinski definition) is 0. The highest BCUT2D eigenvalue weighted by molar-refractivity contribution is 9.10. The maximum atomic E-state index is 3.59. The Morgan fingerprint density at radius 3 is 2.19 bits per heavy atom. The van der Waals surface area contributed by atoms with Crippen LogP contribution in [0.4, 0.5) is 0 Å². The molecule has 2 aromatic rings. The van der Waals surface area contributed by atoms with Crippen molar-refractivity contribution in [2.24, 2.45) is 0 Å². The first-order valence-corrected chi connectivity index (χ1v) is 6.21. The molecule has 0 aliphatic heterocycles.